The van der Waals surface area contributed by atoms with Crippen LogP contribution in [0.4, 0.5) is 11.4 Å². The van der Waals surface area contributed by atoms with E-state index in [1.807, 2.05) is 0 Å². The molecule has 0 unspecified atom stereocenters. The molecule has 1 heterocycles. The van der Waals surface area contributed by atoms with E-state index in [2.05, 4.69) is 20.7 Å². The van der Waals surface area contributed by atoms with Crippen molar-refractivity contribution in [2.24, 2.45) is 0 Å². The van der Waals surface area contributed by atoms with Crippen LogP contribution in [0.2, 0.25) is 0 Å². The SMILES string of the molecule is Cc1sc(Br)cc1S(=O)(=O)Nc1ccc(N)cc1. The third-order valence-electron chi connectivity index (χ3n) is 2.29. The normalized spacial score (nSPS) is 11.4. The summed E-state index contributed by atoms with van der Waals surface area (Å²) in [5.41, 5.74) is 6.63. The van der Waals surface area contributed by atoms with Crippen LogP contribution in [0.5, 0.6) is 0 Å². The number of rotatable bonds is 3. The molecule has 18 heavy (non-hydrogen) atoms. The topological polar surface area (TPSA) is 72.2 Å². The van der Waals surface area contributed by atoms with Gasteiger partial charge in [0, 0.05) is 16.3 Å². The fraction of sp³-hybridized carbons (Fsp3) is 0.0909. The minimum atomic E-state index is -3.55. The minimum Gasteiger partial charge on any atom is -0.399 e. The Hall–Kier alpha value is -1.05. The van der Waals surface area contributed by atoms with Gasteiger partial charge in [-0.15, -0.1) is 11.3 Å². The molecule has 0 aliphatic heterocycles. The molecule has 2 aromatic rings. The van der Waals surface area contributed by atoms with Crippen molar-refractivity contribution in [3.63, 3.8) is 0 Å². The largest absolute Gasteiger partial charge is 0.399 e. The molecule has 4 nitrogen and oxygen atoms in total. The van der Waals surface area contributed by atoms with Crippen LogP contribution >= 0.6 is 27.3 Å². The molecule has 0 amide bonds. The number of halogens is 1. The fourth-order valence-electron chi connectivity index (χ4n) is 1.46. The van der Waals surface area contributed by atoms with E-state index in [4.69, 9.17) is 5.73 Å². The summed E-state index contributed by atoms with van der Waals surface area (Å²) in [5.74, 6) is 0. The van der Waals surface area contributed by atoms with E-state index in [1.165, 1.54) is 11.3 Å². The molecule has 0 fully saturated rings. The van der Waals surface area contributed by atoms with Gasteiger partial charge in [0.2, 0.25) is 0 Å². The molecule has 0 atom stereocenters. The second kappa shape index (κ2) is 4.91. The van der Waals surface area contributed by atoms with Crippen molar-refractivity contribution >= 4 is 48.7 Å². The van der Waals surface area contributed by atoms with Gasteiger partial charge in [-0.25, -0.2) is 8.42 Å². The lowest BCUT2D eigenvalue weighted by Crippen LogP contribution is -2.13. The van der Waals surface area contributed by atoms with Crippen LogP contribution in [0, 0.1) is 6.92 Å². The van der Waals surface area contributed by atoms with Gasteiger partial charge in [0.25, 0.3) is 10.0 Å². The minimum absolute atomic E-state index is 0.288. The van der Waals surface area contributed by atoms with Gasteiger partial charge >= 0.3 is 0 Å². The molecule has 2 rings (SSSR count). The van der Waals surface area contributed by atoms with Crippen molar-refractivity contribution in [1.82, 2.24) is 0 Å². The van der Waals surface area contributed by atoms with E-state index in [-0.39, 0.29) is 4.90 Å². The maximum atomic E-state index is 12.2. The van der Waals surface area contributed by atoms with Crippen molar-refractivity contribution in [1.29, 1.82) is 0 Å². The predicted octanol–water partition coefficient (Wildman–Crippen LogP) is 3.20. The second-order valence-electron chi connectivity index (χ2n) is 3.70. The van der Waals surface area contributed by atoms with Gasteiger partial charge < -0.3 is 5.73 Å². The third-order valence-corrected chi connectivity index (χ3v) is 5.48. The third kappa shape index (κ3) is 2.85. The number of anilines is 2. The zero-order valence-electron chi connectivity index (χ0n) is 9.48. The Bertz CT molecular complexity index is 663. The van der Waals surface area contributed by atoms with Gasteiger partial charge in [-0.3, -0.25) is 4.72 Å². The Labute approximate surface area is 118 Å². The van der Waals surface area contributed by atoms with E-state index >= 15 is 0 Å². The average molecular weight is 347 g/mol. The molecule has 7 heteroatoms. The van der Waals surface area contributed by atoms with Crippen molar-refractivity contribution < 1.29 is 8.42 Å². The quantitative estimate of drug-likeness (QED) is 0.838. The summed E-state index contributed by atoms with van der Waals surface area (Å²) in [5, 5.41) is 0. The zero-order chi connectivity index (χ0) is 13.3. The molecular formula is C11H11BrN2O2S2. The molecule has 0 aliphatic carbocycles. The Balaban J connectivity index is 2.33. The van der Waals surface area contributed by atoms with Gasteiger partial charge in [0.1, 0.15) is 4.90 Å². The summed E-state index contributed by atoms with van der Waals surface area (Å²) in [6, 6.07) is 8.15. The summed E-state index contributed by atoms with van der Waals surface area (Å²) in [6.07, 6.45) is 0. The molecule has 0 saturated heterocycles. The van der Waals surface area contributed by atoms with Crippen LogP contribution in [0.1, 0.15) is 4.88 Å². The summed E-state index contributed by atoms with van der Waals surface area (Å²) in [7, 11) is -3.55. The molecular weight excluding hydrogens is 336 g/mol. The van der Waals surface area contributed by atoms with Gasteiger partial charge in [-0.1, -0.05) is 0 Å². The lowest BCUT2D eigenvalue weighted by molar-refractivity contribution is 0.601. The monoisotopic (exact) mass is 346 g/mol. The lowest BCUT2D eigenvalue weighted by atomic mass is 10.3. The van der Waals surface area contributed by atoms with Crippen LogP contribution in [-0.2, 0) is 10.0 Å². The van der Waals surface area contributed by atoms with Crippen LogP contribution in [-0.4, -0.2) is 8.42 Å². The van der Waals surface area contributed by atoms with E-state index in [0.29, 0.717) is 11.4 Å². The first-order chi connectivity index (χ1) is 8.38. The number of sulfonamides is 1. The zero-order valence-corrected chi connectivity index (χ0v) is 12.7. The number of hydrogen-bond donors (Lipinski definition) is 2. The smallest absolute Gasteiger partial charge is 0.263 e. The highest BCUT2D eigenvalue weighted by Crippen LogP contribution is 2.30. The van der Waals surface area contributed by atoms with Gasteiger partial charge in [-0.2, -0.15) is 0 Å². The molecule has 0 spiro atoms. The number of benzene rings is 1. The molecule has 96 valence electrons. The predicted molar refractivity (Wildman–Crippen MR) is 78.4 cm³/mol. The molecule has 1 aromatic heterocycles. The van der Waals surface area contributed by atoms with Crippen molar-refractivity contribution in [2.75, 3.05) is 10.5 Å². The van der Waals surface area contributed by atoms with Gasteiger partial charge in [0.05, 0.1) is 3.79 Å². The summed E-state index contributed by atoms with van der Waals surface area (Å²) in [6.45, 7) is 1.77. The van der Waals surface area contributed by atoms with E-state index in [9.17, 15) is 8.42 Å². The van der Waals surface area contributed by atoms with Crippen LogP contribution in [0.15, 0.2) is 39.0 Å². The van der Waals surface area contributed by atoms with Crippen molar-refractivity contribution in [2.45, 2.75) is 11.8 Å². The number of nitrogens with one attached hydrogen (secondary N) is 1. The van der Waals surface area contributed by atoms with E-state index in [1.54, 1.807) is 37.3 Å². The van der Waals surface area contributed by atoms with Crippen LogP contribution < -0.4 is 10.5 Å². The number of nitrogen functional groups attached to an aromatic ring is 1. The fourth-order valence-corrected chi connectivity index (χ4v) is 4.93. The number of nitrogens with two attached hydrogens (primary N) is 1. The first-order valence-electron chi connectivity index (χ1n) is 5.03. The van der Waals surface area contributed by atoms with Crippen LogP contribution in [0.3, 0.4) is 0 Å². The van der Waals surface area contributed by atoms with Crippen molar-refractivity contribution in [3.8, 4) is 0 Å². The average Bonchev–Trinajstić information content (AvgIpc) is 2.62. The van der Waals surface area contributed by atoms with Crippen molar-refractivity contribution in [3.05, 3.63) is 39.0 Å². The Morgan fingerprint density at radius 1 is 1.28 bits per heavy atom. The maximum absolute atomic E-state index is 12.2. The molecule has 0 aliphatic rings. The first-order valence-corrected chi connectivity index (χ1v) is 8.12. The number of thiophene rings is 1. The number of aryl methyl sites for hydroxylation is 1. The molecule has 0 radical (unpaired) electrons. The molecule has 0 saturated carbocycles. The van der Waals surface area contributed by atoms with Crippen LogP contribution in [0.25, 0.3) is 0 Å². The van der Waals surface area contributed by atoms with Gasteiger partial charge in [0.15, 0.2) is 0 Å². The second-order valence-corrected chi connectivity index (χ2v) is 7.98. The van der Waals surface area contributed by atoms with E-state index in [0.717, 1.165) is 8.66 Å². The van der Waals surface area contributed by atoms with Gasteiger partial charge in [-0.05, 0) is 53.2 Å². The highest BCUT2D eigenvalue weighted by atomic mass is 79.9. The first kappa shape index (κ1) is 13.4. The maximum Gasteiger partial charge on any atom is 0.263 e. The Morgan fingerprint density at radius 3 is 2.39 bits per heavy atom. The summed E-state index contributed by atoms with van der Waals surface area (Å²) < 4.78 is 27.6. The standard InChI is InChI=1S/C11H11BrN2O2S2/c1-7-10(6-11(12)17-7)18(15,16)14-9-4-2-8(13)3-5-9/h2-6,14H,13H2,1H3. The highest BCUT2D eigenvalue weighted by Gasteiger charge is 2.19. The molecule has 0 bridgehead atoms. The highest BCUT2D eigenvalue weighted by molar-refractivity contribution is 9.11. The Morgan fingerprint density at radius 2 is 1.89 bits per heavy atom. The van der Waals surface area contributed by atoms with E-state index < -0.39 is 10.0 Å². The summed E-state index contributed by atoms with van der Waals surface area (Å²) in [4.78, 5) is 1.03. The number of hydrogen-bond acceptors (Lipinski definition) is 4. The summed E-state index contributed by atoms with van der Waals surface area (Å²) >= 11 is 4.67. The Kier molecular flexibility index (Phi) is 3.65. The molecule has 1 aromatic carbocycles. The lowest BCUT2D eigenvalue weighted by Gasteiger charge is -2.07. The molecule has 3 N–H and O–H groups in total.